The van der Waals surface area contributed by atoms with E-state index in [-0.39, 0.29) is 22.3 Å². The van der Waals surface area contributed by atoms with Gasteiger partial charge in [0.05, 0.1) is 7.11 Å². The molecule has 0 saturated carbocycles. The molecule has 1 saturated heterocycles. The first-order chi connectivity index (χ1) is 25.6. The second-order valence-electron chi connectivity index (χ2n) is 12.0. The molecule has 1 aliphatic rings. The van der Waals surface area contributed by atoms with Crippen LogP contribution >= 0.6 is 0 Å². The van der Waals surface area contributed by atoms with Gasteiger partial charge >= 0.3 is 36.9 Å². The lowest BCUT2D eigenvalue weighted by Gasteiger charge is -2.42. The number of aromatic amines is 1. The normalized spacial score (nSPS) is 19.3. The van der Waals surface area contributed by atoms with Crippen LogP contribution in [0.25, 0.3) is 0 Å². The molecule has 3 atom stereocenters. The Hall–Kier alpha value is -4.61. The summed E-state index contributed by atoms with van der Waals surface area (Å²) in [4.78, 5) is 27.0. The molecule has 55 heavy (non-hydrogen) atoms. The molecule has 1 aliphatic heterocycles. The largest absolute Gasteiger partial charge is 0.523 e. The molecule has 22 heteroatoms. The molecule has 3 aromatic carbocycles. The van der Waals surface area contributed by atoms with E-state index >= 15 is 4.39 Å². The van der Waals surface area contributed by atoms with Crippen LogP contribution in [0.4, 0.5) is 30.7 Å². The number of methoxy groups -OCH3 is 1. The summed E-state index contributed by atoms with van der Waals surface area (Å²) in [6, 6.07) is 20.7. The number of rotatable bonds is 13. The van der Waals surface area contributed by atoms with Crippen molar-refractivity contribution in [3.63, 3.8) is 0 Å². The number of nitrogens with one attached hydrogen (secondary N) is 1. The van der Waals surface area contributed by atoms with E-state index in [4.69, 9.17) is 14.2 Å². The summed E-state index contributed by atoms with van der Waals surface area (Å²) < 4.78 is 174. The van der Waals surface area contributed by atoms with Crippen LogP contribution in [0.1, 0.15) is 28.5 Å². The van der Waals surface area contributed by atoms with Crippen LogP contribution in [-0.2, 0) is 43.7 Å². The van der Waals surface area contributed by atoms with Crippen molar-refractivity contribution in [2.24, 2.45) is 0 Å². The van der Waals surface area contributed by atoms with Gasteiger partial charge in [-0.2, -0.15) is 43.2 Å². The lowest BCUT2D eigenvalue weighted by molar-refractivity contribution is -0.177. The molecule has 0 amide bonds. The van der Waals surface area contributed by atoms with Crippen molar-refractivity contribution < 1.29 is 70.1 Å². The first kappa shape index (κ1) is 41.6. The Kier molecular flexibility index (Phi) is 11.4. The van der Waals surface area contributed by atoms with E-state index < -0.39 is 85.4 Å². The van der Waals surface area contributed by atoms with Gasteiger partial charge in [0.15, 0.2) is 12.4 Å². The third-order valence-corrected chi connectivity index (χ3v) is 10.5. The van der Waals surface area contributed by atoms with Gasteiger partial charge in [0, 0.05) is 11.8 Å². The molecule has 4 aromatic rings. The maximum absolute atomic E-state index is 17.4. The van der Waals surface area contributed by atoms with Crippen molar-refractivity contribution in [3.05, 3.63) is 134 Å². The predicted octanol–water partition coefficient (Wildman–Crippen LogP) is 4.57. The average molecular weight is 827 g/mol. The molecule has 1 aromatic heterocycles. The third kappa shape index (κ3) is 8.05. The molecule has 0 unspecified atom stereocenters. The summed E-state index contributed by atoms with van der Waals surface area (Å²) >= 11 is 0. The molecule has 0 radical (unpaired) electrons. The molecule has 5 rings (SSSR count). The van der Waals surface area contributed by atoms with E-state index in [0.29, 0.717) is 10.3 Å². The Morgan fingerprint density at radius 3 is 1.65 bits per heavy atom. The number of aromatic nitrogens is 2. The van der Waals surface area contributed by atoms with Crippen molar-refractivity contribution in [2.75, 3.05) is 20.3 Å². The molecule has 1 fully saturated rings. The maximum atomic E-state index is 17.4. The van der Waals surface area contributed by atoms with Crippen LogP contribution < -0.4 is 16.0 Å². The van der Waals surface area contributed by atoms with Crippen LogP contribution in [0.15, 0.2) is 101 Å². The maximum Gasteiger partial charge on any atom is 0.523 e. The summed E-state index contributed by atoms with van der Waals surface area (Å²) in [5.41, 5.74) is -20.1. The fourth-order valence-electron chi connectivity index (χ4n) is 5.80. The van der Waals surface area contributed by atoms with E-state index in [0.717, 1.165) is 13.1 Å². The highest BCUT2D eigenvalue weighted by atomic mass is 32.2. The predicted molar refractivity (Wildman–Crippen MR) is 176 cm³/mol. The zero-order chi connectivity index (χ0) is 40.6. The van der Waals surface area contributed by atoms with E-state index in [1.54, 1.807) is 12.1 Å². The standard InChI is InChI=1S/C33H29F7N2O11S2/c1-20-17-42(29(44)41-27(20)43)28-25(34)26(30(53-28,18-50-54(45,46)32(35,36)37)19-51-55(47,48)33(38,39)40)52-31(21-9-5-3-6-10-21,22-11-7-4-8-12-22)23-13-15-24(49-2)16-14-23/h3-17,25-26,28H,18-19H2,1-2H3,(H,41,43,44)/t25-,26+,28-/m1/s1. The lowest BCUT2D eigenvalue weighted by atomic mass is 9.79. The van der Waals surface area contributed by atoms with E-state index in [9.17, 15) is 52.8 Å². The number of alkyl halides is 7. The van der Waals surface area contributed by atoms with Gasteiger partial charge in [-0.25, -0.2) is 9.18 Å². The first-order valence-corrected chi connectivity index (χ1v) is 18.4. The third-order valence-electron chi connectivity index (χ3n) is 8.50. The summed E-state index contributed by atoms with van der Waals surface area (Å²) in [5.74, 6) is 0.296. The van der Waals surface area contributed by atoms with Gasteiger partial charge in [-0.3, -0.25) is 22.7 Å². The minimum absolute atomic E-state index is 0.111. The van der Waals surface area contributed by atoms with E-state index in [1.165, 1.54) is 79.9 Å². The quantitative estimate of drug-likeness (QED) is 0.0868. The molecule has 298 valence electrons. The molecule has 2 heterocycles. The highest BCUT2D eigenvalue weighted by Crippen LogP contribution is 2.50. The molecular formula is C33H29F7N2O11S2. The van der Waals surface area contributed by atoms with E-state index in [2.05, 4.69) is 8.37 Å². The van der Waals surface area contributed by atoms with Crippen molar-refractivity contribution in [2.45, 2.75) is 47.6 Å². The van der Waals surface area contributed by atoms with Gasteiger partial charge in [-0.05, 0) is 35.7 Å². The van der Waals surface area contributed by atoms with Gasteiger partial charge in [0.1, 0.15) is 36.3 Å². The summed E-state index contributed by atoms with van der Waals surface area (Å²) in [5, 5.41) is 0. The molecule has 0 spiro atoms. The Morgan fingerprint density at radius 1 is 0.764 bits per heavy atom. The summed E-state index contributed by atoms with van der Waals surface area (Å²) in [6.45, 7) is -3.04. The van der Waals surface area contributed by atoms with Crippen LogP contribution in [0.2, 0.25) is 0 Å². The Labute approximate surface area is 307 Å². The van der Waals surface area contributed by atoms with Crippen molar-refractivity contribution >= 4 is 20.2 Å². The van der Waals surface area contributed by atoms with Gasteiger partial charge < -0.3 is 14.2 Å². The zero-order valence-corrected chi connectivity index (χ0v) is 29.8. The number of aryl methyl sites for hydroxylation is 1. The molecule has 1 N–H and O–H groups in total. The fourth-order valence-corrected chi connectivity index (χ4v) is 6.77. The Bertz CT molecular complexity index is 2230. The average Bonchev–Trinajstić information content (AvgIpc) is 3.40. The Balaban J connectivity index is 1.84. The van der Waals surface area contributed by atoms with Crippen LogP contribution in [0.3, 0.4) is 0 Å². The SMILES string of the molecule is COc1ccc(C(O[C@H]2[C@@H](F)[C@H](n3cc(C)c(=O)[nH]c3=O)OC2(COS(=O)(=O)C(F)(F)F)COS(=O)(=O)C(F)(F)F)(c2ccccc2)c2ccccc2)cc1. The lowest BCUT2D eigenvalue weighted by Crippen LogP contribution is -2.56. The van der Waals surface area contributed by atoms with Gasteiger partial charge in [0.2, 0.25) is 0 Å². The topological polar surface area (TPSA) is 169 Å². The number of benzene rings is 3. The van der Waals surface area contributed by atoms with Crippen molar-refractivity contribution in [1.82, 2.24) is 9.55 Å². The molecular weight excluding hydrogens is 797 g/mol. The van der Waals surface area contributed by atoms with Crippen LogP contribution in [0, 0.1) is 6.92 Å². The smallest absolute Gasteiger partial charge is 0.497 e. The number of halogens is 7. The number of H-pyrrole nitrogens is 1. The van der Waals surface area contributed by atoms with Gasteiger partial charge in [0.25, 0.3) is 5.56 Å². The second-order valence-corrected chi connectivity index (χ2v) is 15.2. The number of hydrogen-bond acceptors (Lipinski definition) is 11. The Morgan fingerprint density at radius 2 is 1.22 bits per heavy atom. The number of nitrogens with zero attached hydrogens (tertiary/aromatic N) is 1. The summed E-state index contributed by atoms with van der Waals surface area (Å²) in [6.07, 6.45) is -7.33. The monoisotopic (exact) mass is 826 g/mol. The fraction of sp³-hybridized carbons (Fsp3) is 0.333. The minimum Gasteiger partial charge on any atom is -0.497 e. The number of hydrogen-bond donors (Lipinski definition) is 1. The van der Waals surface area contributed by atoms with Crippen molar-refractivity contribution in [3.8, 4) is 5.75 Å². The second kappa shape index (κ2) is 15.1. The molecule has 0 bridgehead atoms. The summed E-state index contributed by atoms with van der Waals surface area (Å²) in [7, 11) is -12.0. The van der Waals surface area contributed by atoms with Crippen molar-refractivity contribution in [1.29, 1.82) is 0 Å². The zero-order valence-electron chi connectivity index (χ0n) is 28.2. The highest BCUT2D eigenvalue weighted by molar-refractivity contribution is 7.87. The number of ether oxygens (including phenoxy) is 3. The molecule has 0 aliphatic carbocycles. The van der Waals surface area contributed by atoms with Crippen LogP contribution in [-0.4, -0.2) is 75.6 Å². The highest BCUT2D eigenvalue weighted by Gasteiger charge is 2.63. The van der Waals surface area contributed by atoms with E-state index in [1.807, 2.05) is 4.98 Å². The van der Waals surface area contributed by atoms with Gasteiger partial charge in [-0.15, -0.1) is 0 Å². The first-order valence-electron chi connectivity index (χ1n) is 15.6. The minimum atomic E-state index is -6.67. The van der Waals surface area contributed by atoms with Gasteiger partial charge in [-0.1, -0.05) is 72.8 Å². The van der Waals surface area contributed by atoms with Crippen LogP contribution in [0.5, 0.6) is 5.75 Å². The molecule has 13 nitrogen and oxygen atoms in total.